The molecule has 0 bridgehead atoms. The number of rotatable bonds is 7. The van der Waals surface area contributed by atoms with Crippen molar-refractivity contribution in [3.8, 4) is 5.75 Å². The van der Waals surface area contributed by atoms with Crippen molar-refractivity contribution in [3.05, 3.63) is 64.8 Å². The quantitative estimate of drug-likeness (QED) is 0.505. The number of hydrogen-bond donors (Lipinski definition) is 1. The van der Waals surface area contributed by atoms with E-state index >= 15 is 0 Å². The summed E-state index contributed by atoms with van der Waals surface area (Å²) < 4.78 is 7.81. The van der Waals surface area contributed by atoms with Gasteiger partial charge in [0, 0.05) is 40.3 Å². The average molecular weight is 373 g/mol. The first-order chi connectivity index (χ1) is 12.5. The zero-order valence-electron chi connectivity index (χ0n) is 14.1. The lowest BCUT2D eigenvalue weighted by Gasteiger charge is -2.08. The predicted octanol–water partition coefficient (Wildman–Crippen LogP) is 3.85. The normalized spacial score (nSPS) is 11.2. The van der Waals surface area contributed by atoms with Crippen LogP contribution < -0.4 is 4.74 Å². The molecule has 3 rings (SSSR count). The van der Waals surface area contributed by atoms with E-state index in [4.69, 9.17) is 26.3 Å². The molecule has 134 valence electrons. The van der Waals surface area contributed by atoms with Crippen LogP contribution in [0.1, 0.15) is 11.1 Å². The number of aliphatic carboxylic acids is 1. The fourth-order valence-electron chi connectivity index (χ4n) is 2.56. The van der Waals surface area contributed by atoms with Gasteiger partial charge in [0.2, 0.25) is 6.61 Å². The maximum atomic E-state index is 10.5. The van der Waals surface area contributed by atoms with Crippen LogP contribution in [0.15, 0.2) is 53.8 Å². The molecular formula is C19H17ClN2O4. The van der Waals surface area contributed by atoms with E-state index in [1.807, 2.05) is 60.3 Å². The van der Waals surface area contributed by atoms with Gasteiger partial charge in [-0.1, -0.05) is 35.0 Å². The highest BCUT2D eigenvalue weighted by Gasteiger charge is 2.08. The van der Waals surface area contributed by atoms with Gasteiger partial charge in [0.25, 0.3) is 0 Å². The van der Waals surface area contributed by atoms with Crippen molar-refractivity contribution in [2.45, 2.75) is 6.61 Å². The number of fused-ring (bicyclic) bond motifs is 1. The van der Waals surface area contributed by atoms with Gasteiger partial charge >= 0.3 is 5.97 Å². The Labute approximate surface area is 155 Å². The highest BCUT2D eigenvalue weighted by Crippen LogP contribution is 2.26. The number of carboxylic acid groups (broad SMARTS) is 1. The lowest BCUT2D eigenvalue weighted by atomic mass is 10.2. The molecular weight excluding hydrogens is 356 g/mol. The number of aryl methyl sites for hydroxylation is 1. The zero-order valence-corrected chi connectivity index (χ0v) is 14.8. The Morgan fingerprint density at radius 3 is 2.88 bits per heavy atom. The summed E-state index contributed by atoms with van der Waals surface area (Å²) in [6.45, 7) is -0.114. The minimum atomic E-state index is -1.07. The summed E-state index contributed by atoms with van der Waals surface area (Å²) in [7, 11) is 1.92. The van der Waals surface area contributed by atoms with Gasteiger partial charge in [-0.3, -0.25) is 0 Å². The van der Waals surface area contributed by atoms with Gasteiger partial charge < -0.3 is 19.2 Å². The van der Waals surface area contributed by atoms with Crippen LogP contribution in [-0.4, -0.2) is 28.5 Å². The third-order valence-electron chi connectivity index (χ3n) is 3.80. The van der Waals surface area contributed by atoms with Crippen molar-refractivity contribution in [2.75, 3.05) is 6.61 Å². The Balaban J connectivity index is 1.79. The Kier molecular flexibility index (Phi) is 5.43. The summed E-state index contributed by atoms with van der Waals surface area (Å²) in [5, 5.41) is 13.9. The Morgan fingerprint density at radius 1 is 1.31 bits per heavy atom. The molecule has 1 N–H and O–H groups in total. The maximum Gasteiger partial charge on any atom is 0.344 e. The fourth-order valence-corrected chi connectivity index (χ4v) is 2.75. The molecule has 0 aliphatic carbocycles. The molecule has 1 aromatic heterocycles. The number of hydrogen-bond acceptors (Lipinski definition) is 4. The molecule has 0 atom stereocenters. The summed E-state index contributed by atoms with van der Waals surface area (Å²) in [4.78, 5) is 15.2. The van der Waals surface area contributed by atoms with Crippen LogP contribution in [0.2, 0.25) is 5.02 Å². The fraction of sp³-hybridized carbons (Fsp3) is 0.158. The van der Waals surface area contributed by atoms with E-state index < -0.39 is 12.6 Å². The van der Waals surface area contributed by atoms with Gasteiger partial charge in [-0.25, -0.2) is 4.79 Å². The zero-order chi connectivity index (χ0) is 18.5. The number of ether oxygens (including phenoxy) is 1. The largest absolute Gasteiger partial charge is 0.489 e. The SMILES string of the molecule is Cn1cc(C=NOCC(=O)O)c2cc(OCc3ccccc3Cl)ccc21. The van der Waals surface area contributed by atoms with Gasteiger partial charge in [-0.15, -0.1) is 0 Å². The highest BCUT2D eigenvalue weighted by molar-refractivity contribution is 6.31. The first-order valence-corrected chi connectivity index (χ1v) is 8.25. The molecule has 0 spiro atoms. The molecule has 0 saturated carbocycles. The van der Waals surface area contributed by atoms with Gasteiger partial charge in [0.05, 0.1) is 6.21 Å². The molecule has 0 aliphatic heterocycles. The van der Waals surface area contributed by atoms with Crippen LogP contribution in [0, 0.1) is 0 Å². The second-order valence-corrected chi connectivity index (χ2v) is 6.06. The number of carboxylic acids is 1. The van der Waals surface area contributed by atoms with Gasteiger partial charge in [0.15, 0.2) is 0 Å². The Morgan fingerprint density at radius 2 is 2.12 bits per heavy atom. The van der Waals surface area contributed by atoms with Crippen LogP contribution in [0.25, 0.3) is 10.9 Å². The second kappa shape index (κ2) is 7.93. The Hall–Kier alpha value is -2.99. The molecule has 0 saturated heterocycles. The first kappa shape index (κ1) is 17.8. The summed E-state index contributed by atoms with van der Waals surface area (Å²) in [6, 6.07) is 13.3. The summed E-state index contributed by atoms with van der Waals surface area (Å²) >= 11 is 6.15. The van der Waals surface area contributed by atoms with Crippen molar-refractivity contribution in [1.29, 1.82) is 0 Å². The van der Waals surface area contributed by atoms with E-state index in [9.17, 15) is 4.79 Å². The predicted molar refractivity (Wildman–Crippen MR) is 99.9 cm³/mol. The van der Waals surface area contributed by atoms with E-state index in [1.54, 1.807) is 0 Å². The van der Waals surface area contributed by atoms with E-state index in [-0.39, 0.29) is 0 Å². The number of aromatic nitrogens is 1. The third kappa shape index (κ3) is 4.15. The molecule has 0 aliphatic rings. The maximum absolute atomic E-state index is 10.5. The molecule has 2 aromatic carbocycles. The van der Waals surface area contributed by atoms with Crippen LogP contribution in [0.4, 0.5) is 0 Å². The van der Waals surface area contributed by atoms with Crippen molar-refractivity contribution < 1.29 is 19.5 Å². The number of nitrogens with zero attached hydrogens (tertiary/aromatic N) is 2. The van der Waals surface area contributed by atoms with Crippen molar-refractivity contribution in [2.24, 2.45) is 12.2 Å². The summed E-state index contributed by atoms with van der Waals surface area (Å²) in [5.41, 5.74) is 2.71. The standard InChI is InChI=1S/C19H17ClN2O4/c1-22-10-14(9-21-26-12-19(23)24)16-8-15(6-7-18(16)22)25-11-13-4-2-3-5-17(13)20/h2-10H,11-12H2,1H3,(H,23,24). The van der Waals surface area contributed by atoms with Gasteiger partial charge in [-0.2, -0.15) is 0 Å². The third-order valence-corrected chi connectivity index (χ3v) is 4.17. The summed E-state index contributed by atoms with van der Waals surface area (Å²) in [6.07, 6.45) is 3.37. The minimum Gasteiger partial charge on any atom is -0.489 e. The minimum absolute atomic E-state index is 0.364. The van der Waals surface area contributed by atoms with E-state index in [2.05, 4.69) is 5.16 Å². The monoisotopic (exact) mass is 372 g/mol. The molecule has 0 amide bonds. The lowest BCUT2D eigenvalue weighted by Crippen LogP contribution is -2.03. The van der Waals surface area contributed by atoms with Crippen LogP contribution in [0.5, 0.6) is 5.75 Å². The average Bonchev–Trinajstić information content (AvgIpc) is 2.93. The second-order valence-electron chi connectivity index (χ2n) is 5.66. The topological polar surface area (TPSA) is 73.1 Å². The van der Waals surface area contributed by atoms with Crippen LogP contribution >= 0.6 is 11.6 Å². The number of benzene rings is 2. The van der Waals surface area contributed by atoms with Crippen LogP contribution in [0.3, 0.4) is 0 Å². The van der Waals surface area contributed by atoms with Gasteiger partial charge in [0.1, 0.15) is 12.4 Å². The molecule has 0 fully saturated rings. The lowest BCUT2D eigenvalue weighted by molar-refractivity contribution is -0.142. The van der Waals surface area contributed by atoms with E-state index in [0.29, 0.717) is 17.4 Å². The van der Waals surface area contributed by atoms with Crippen molar-refractivity contribution >= 4 is 34.7 Å². The molecule has 0 radical (unpaired) electrons. The molecule has 1 heterocycles. The number of halogens is 1. The molecule has 3 aromatic rings. The smallest absolute Gasteiger partial charge is 0.344 e. The molecule has 0 unspecified atom stereocenters. The molecule has 6 nitrogen and oxygen atoms in total. The molecule has 7 heteroatoms. The van der Waals surface area contributed by atoms with E-state index in [0.717, 1.165) is 22.0 Å². The number of oxime groups is 1. The van der Waals surface area contributed by atoms with Gasteiger partial charge in [-0.05, 0) is 24.3 Å². The molecule has 26 heavy (non-hydrogen) atoms. The Bertz CT molecular complexity index is 965. The highest BCUT2D eigenvalue weighted by atomic mass is 35.5. The van der Waals surface area contributed by atoms with Crippen molar-refractivity contribution in [3.63, 3.8) is 0 Å². The van der Waals surface area contributed by atoms with Crippen molar-refractivity contribution in [1.82, 2.24) is 4.57 Å². The first-order valence-electron chi connectivity index (χ1n) is 7.87. The number of carbonyl (C=O) groups is 1. The van der Waals surface area contributed by atoms with Crippen LogP contribution in [-0.2, 0) is 23.3 Å². The van der Waals surface area contributed by atoms with E-state index in [1.165, 1.54) is 6.21 Å². The summed E-state index contributed by atoms with van der Waals surface area (Å²) in [5.74, 6) is -0.375.